The molecule has 1 amide bonds. The topological polar surface area (TPSA) is 76.1 Å². The van der Waals surface area contributed by atoms with E-state index in [-0.39, 0.29) is 11.6 Å². The number of rotatable bonds is 8. The Labute approximate surface area is 168 Å². The molecule has 0 aliphatic rings. The number of benzene rings is 2. The maximum atomic E-state index is 12.6. The number of carbonyl (C=O) groups is 1. The smallest absolute Gasteiger partial charge is 0.274 e. The number of anilines is 2. The van der Waals surface area contributed by atoms with E-state index >= 15 is 0 Å². The maximum Gasteiger partial charge on any atom is 0.274 e. The molecule has 144 valence electrons. The number of ether oxygens (including phenoxy) is 1. The highest BCUT2D eigenvalue weighted by atomic mass is 35.5. The van der Waals surface area contributed by atoms with Gasteiger partial charge in [0.2, 0.25) is 5.95 Å². The van der Waals surface area contributed by atoms with Crippen LogP contribution in [0.3, 0.4) is 0 Å². The average molecular weight is 397 g/mol. The van der Waals surface area contributed by atoms with Crippen molar-refractivity contribution in [3.8, 4) is 5.75 Å². The molecule has 28 heavy (non-hydrogen) atoms. The molecule has 0 spiro atoms. The fourth-order valence-corrected chi connectivity index (χ4v) is 2.70. The molecule has 0 saturated carbocycles. The molecule has 0 unspecified atom stereocenters. The summed E-state index contributed by atoms with van der Waals surface area (Å²) < 4.78 is 5.53. The number of hydrogen-bond donors (Lipinski definition) is 2. The zero-order chi connectivity index (χ0) is 19.8. The molecule has 0 atom stereocenters. The summed E-state index contributed by atoms with van der Waals surface area (Å²) in [6, 6.07) is 16.5. The molecule has 3 rings (SSSR count). The molecule has 0 saturated heterocycles. The van der Waals surface area contributed by atoms with Gasteiger partial charge in [-0.25, -0.2) is 9.97 Å². The summed E-state index contributed by atoms with van der Waals surface area (Å²) in [5.74, 6) is 0.698. The molecule has 0 fully saturated rings. The molecule has 1 aromatic heterocycles. The van der Waals surface area contributed by atoms with E-state index in [0.717, 1.165) is 12.0 Å². The minimum atomic E-state index is -0.324. The Balaban J connectivity index is 1.61. The Morgan fingerprint density at radius 1 is 1.11 bits per heavy atom. The van der Waals surface area contributed by atoms with Crippen molar-refractivity contribution in [3.05, 3.63) is 77.1 Å². The number of hydrogen-bond acceptors (Lipinski definition) is 5. The molecule has 1 heterocycles. The highest BCUT2D eigenvalue weighted by Crippen LogP contribution is 2.24. The Morgan fingerprint density at radius 2 is 1.89 bits per heavy atom. The first-order valence-corrected chi connectivity index (χ1v) is 9.38. The third-order valence-corrected chi connectivity index (χ3v) is 4.19. The molecular weight excluding hydrogens is 376 g/mol. The largest absolute Gasteiger partial charge is 0.492 e. The first-order valence-electron chi connectivity index (χ1n) is 9.00. The lowest BCUT2D eigenvalue weighted by molar-refractivity contribution is 0.102. The summed E-state index contributed by atoms with van der Waals surface area (Å²) in [5, 5.41) is 6.68. The van der Waals surface area contributed by atoms with Crippen LogP contribution in [-0.2, 0) is 6.42 Å². The van der Waals surface area contributed by atoms with E-state index in [1.165, 1.54) is 0 Å². The quantitative estimate of drug-likeness (QED) is 0.588. The van der Waals surface area contributed by atoms with Crippen LogP contribution in [0.4, 0.5) is 11.6 Å². The van der Waals surface area contributed by atoms with Gasteiger partial charge in [-0.3, -0.25) is 4.79 Å². The second-order valence-corrected chi connectivity index (χ2v) is 6.39. The average Bonchev–Trinajstić information content (AvgIpc) is 2.71. The van der Waals surface area contributed by atoms with Gasteiger partial charge in [-0.15, -0.1) is 0 Å². The van der Waals surface area contributed by atoms with Crippen molar-refractivity contribution in [2.75, 3.05) is 23.8 Å². The Bertz CT molecular complexity index is 932. The summed E-state index contributed by atoms with van der Waals surface area (Å²) in [6.07, 6.45) is 2.35. The molecule has 2 N–H and O–H groups in total. The van der Waals surface area contributed by atoms with E-state index < -0.39 is 0 Å². The second-order valence-electron chi connectivity index (χ2n) is 5.95. The third-order valence-electron chi connectivity index (χ3n) is 3.93. The monoisotopic (exact) mass is 396 g/mol. The highest BCUT2D eigenvalue weighted by molar-refractivity contribution is 6.30. The van der Waals surface area contributed by atoms with Crippen LogP contribution in [-0.4, -0.2) is 29.0 Å². The summed E-state index contributed by atoms with van der Waals surface area (Å²) in [5.41, 5.74) is 2.03. The van der Waals surface area contributed by atoms with Crippen molar-refractivity contribution < 1.29 is 9.53 Å². The lowest BCUT2D eigenvalue weighted by Crippen LogP contribution is -2.16. The fourth-order valence-electron chi connectivity index (χ4n) is 2.58. The van der Waals surface area contributed by atoms with Crippen molar-refractivity contribution in [2.24, 2.45) is 0 Å². The number of aromatic nitrogens is 2. The van der Waals surface area contributed by atoms with Gasteiger partial charge < -0.3 is 15.4 Å². The summed E-state index contributed by atoms with van der Waals surface area (Å²) >= 11 is 5.89. The fraction of sp³-hybridized carbons (Fsp3) is 0.190. The minimum Gasteiger partial charge on any atom is -0.492 e. The Hall–Kier alpha value is -3.12. The zero-order valence-electron chi connectivity index (χ0n) is 15.5. The second kappa shape index (κ2) is 9.71. The Kier molecular flexibility index (Phi) is 6.81. The number of halogens is 1. The minimum absolute atomic E-state index is 0.273. The number of para-hydroxylation sites is 2. The Morgan fingerprint density at radius 3 is 2.68 bits per heavy atom. The van der Waals surface area contributed by atoms with Gasteiger partial charge in [0.05, 0.1) is 12.3 Å². The number of nitrogens with zero attached hydrogens (tertiary/aromatic N) is 2. The van der Waals surface area contributed by atoms with Gasteiger partial charge in [-0.2, -0.15) is 0 Å². The van der Waals surface area contributed by atoms with Crippen molar-refractivity contribution in [3.63, 3.8) is 0 Å². The first kappa shape index (κ1) is 19.6. The van der Waals surface area contributed by atoms with Gasteiger partial charge in [0.1, 0.15) is 11.4 Å². The number of nitrogens with one attached hydrogen (secondary N) is 2. The van der Waals surface area contributed by atoms with Crippen LogP contribution < -0.4 is 15.4 Å². The van der Waals surface area contributed by atoms with Crippen LogP contribution in [0.5, 0.6) is 5.75 Å². The number of carbonyl (C=O) groups excluding carboxylic acids is 1. The molecule has 3 aromatic rings. The third kappa shape index (κ3) is 5.44. The first-order chi connectivity index (χ1) is 13.7. The standard InChI is InChI=1S/C21H21ClN4O2/c1-2-28-19-6-4-3-5-17(19)25-20(27)18-12-14-24-21(26-18)23-13-11-15-7-9-16(22)10-8-15/h3-10,12,14H,2,11,13H2,1H3,(H,25,27)(H,23,24,26). The molecular formula is C21H21ClN4O2. The van der Waals surface area contributed by atoms with Crippen LogP contribution in [0.1, 0.15) is 23.0 Å². The predicted molar refractivity (Wildman–Crippen MR) is 111 cm³/mol. The summed E-state index contributed by atoms with van der Waals surface area (Å²) in [6.45, 7) is 3.05. The van der Waals surface area contributed by atoms with E-state index in [4.69, 9.17) is 16.3 Å². The van der Waals surface area contributed by atoms with E-state index in [1.54, 1.807) is 18.3 Å². The molecule has 7 heteroatoms. The van der Waals surface area contributed by atoms with Crippen molar-refractivity contribution in [2.45, 2.75) is 13.3 Å². The lowest BCUT2D eigenvalue weighted by Gasteiger charge is -2.11. The normalized spacial score (nSPS) is 10.4. The zero-order valence-corrected chi connectivity index (χ0v) is 16.2. The van der Waals surface area contributed by atoms with E-state index in [1.807, 2.05) is 49.4 Å². The van der Waals surface area contributed by atoms with Gasteiger partial charge in [0.25, 0.3) is 5.91 Å². The predicted octanol–water partition coefficient (Wildman–Crippen LogP) is 4.44. The van der Waals surface area contributed by atoms with Crippen LogP contribution in [0.2, 0.25) is 5.02 Å². The molecule has 2 aromatic carbocycles. The van der Waals surface area contributed by atoms with Gasteiger partial charge in [-0.05, 0) is 49.2 Å². The van der Waals surface area contributed by atoms with E-state index in [0.29, 0.717) is 35.6 Å². The van der Waals surface area contributed by atoms with Gasteiger partial charge >= 0.3 is 0 Å². The van der Waals surface area contributed by atoms with Gasteiger partial charge in [0, 0.05) is 17.8 Å². The molecule has 0 aliphatic heterocycles. The van der Waals surface area contributed by atoms with Gasteiger partial charge in [-0.1, -0.05) is 35.9 Å². The van der Waals surface area contributed by atoms with Crippen molar-refractivity contribution in [1.29, 1.82) is 0 Å². The number of amides is 1. The van der Waals surface area contributed by atoms with E-state index in [9.17, 15) is 4.79 Å². The molecule has 0 radical (unpaired) electrons. The van der Waals surface area contributed by atoms with Crippen LogP contribution in [0.25, 0.3) is 0 Å². The van der Waals surface area contributed by atoms with Crippen LogP contribution in [0, 0.1) is 0 Å². The molecule has 0 aliphatic carbocycles. The van der Waals surface area contributed by atoms with Crippen LogP contribution in [0.15, 0.2) is 60.8 Å². The summed E-state index contributed by atoms with van der Waals surface area (Å²) in [4.78, 5) is 21.0. The van der Waals surface area contributed by atoms with Crippen molar-refractivity contribution >= 4 is 29.1 Å². The lowest BCUT2D eigenvalue weighted by atomic mass is 10.1. The van der Waals surface area contributed by atoms with Crippen molar-refractivity contribution in [1.82, 2.24) is 9.97 Å². The van der Waals surface area contributed by atoms with Crippen LogP contribution >= 0.6 is 11.6 Å². The SMILES string of the molecule is CCOc1ccccc1NC(=O)c1ccnc(NCCc2ccc(Cl)cc2)n1. The summed E-state index contributed by atoms with van der Waals surface area (Å²) in [7, 11) is 0. The molecule has 0 bridgehead atoms. The van der Waals surface area contributed by atoms with Gasteiger partial charge in [0.15, 0.2) is 0 Å². The van der Waals surface area contributed by atoms with E-state index in [2.05, 4.69) is 20.6 Å². The molecule has 6 nitrogen and oxygen atoms in total. The maximum absolute atomic E-state index is 12.6. The highest BCUT2D eigenvalue weighted by Gasteiger charge is 2.12.